The quantitative estimate of drug-likeness (QED) is 0.924. The summed E-state index contributed by atoms with van der Waals surface area (Å²) >= 11 is 5.87. The zero-order valence-electron chi connectivity index (χ0n) is 11.3. The van der Waals surface area contributed by atoms with Gasteiger partial charge in [0.25, 0.3) is 0 Å². The Morgan fingerprint density at radius 2 is 2.15 bits per heavy atom. The van der Waals surface area contributed by atoms with Crippen molar-refractivity contribution in [2.75, 3.05) is 18.4 Å². The van der Waals surface area contributed by atoms with E-state index in [1.807, 2.05) is 0 Å². The fraction of sp³-hybridized carbons (Fsp3) is 0.615. The lowest BCUT2D eigenvalue weighted by Crippen LogP contribution is -2.31. The molecular formula is C13H17ClF3N3. The Kier molecular flexibility index (Phi) is 4.44. The van der Waals surface area contributed by atoms with Crippen LogP contribution in [0.4, 0.5) is 19.0 Å². The lowest BCUT2D eigenvalue weighted by molar-refractivity contribution is -0.137. The van der Waals surface area contributed by atoms with Gasteiger partial charge in [-0.15, -0.1) is 0 Å². The number of alkyl halides is 3. The molecule has 20 heavy (non-hydrogen) atoms. The summed E-state index contributed by atoms with van der Waals surface area (Å²) in [5.74, 6) is 0.315. The highest BCUT2D eigenvalue weighted by atomic mass is 35.5. The maximum atomic E-state index is 12.5. The van der Waals surface area contributed by atoms with Crippen LogP contribution < -0.4 is 5.32 Å². The second-order valence-electron chi connectivity index (χ2n) is 5.27. The van der Waals surface area contributed by atoms with Crippen LogP contribution in [0.25, 0.3) is 0 Å². The van der Waals surface area contributed by atoms with Gasteiger partial charge < -0.3 is 5.32 Å². The molecule has 1 aliphatic rings. The third-order valence-electron chi connectivity index (χ3n) is 3.46. The SMILES string of the molecule is CC(C)N1CC[C@H](Nc2ncc(C(F)(F)F)cc2Cl)C1. The molecule has 0 radical (unpaired) electrons. The van der Waals surface area contributed by atoms with Crippen molar-refractivity contribution < 1.29 is 13.2 Å². The van der Waals surface area contributed by atoms with Crippen molar-refractivity contribution in [3.63, 3.8) is 0 Å². The first-order valence-electron chi connectivity index (χ1n) is 6.50. The van der Waals surface area contributed by atoms with Gasteiger partial charge in [-0.05, 0) is 26.3 Å². The zero-order valence-corrected chi connectivity index (χ0v) is 12.1. The first-order valence-corrected chi connectivity index (χ1v) is 6.88. The second kappa shape index (κ2) is 5.77. The zero-order chi connectivity index (χ0) is 14.9. The Hall–Kier alpha value is -1.01. The molecule has 2 rings (SSSR count). The summed E-state index contributed by atoms with van der Waals surface area (Å²) in [5, 5.41) is 3.12. The van der Waals surface area contributed by atoms with Crippen molar-refractivity contribution in [3.8, 4) is 0 Å². The summed E-state index contributed by atoms with van der Waals surface area (Å²) in [6.45, 7) is 6.04. The Bertz CT molecular complexity index is 476. The summed E-state index contributed by atoms with van der Waals surface area (Å²) in [4.78, 5) is 6.10. The number of rotatable bonds is 3. The van der Waals surface area contributed by atoms with Crippen molar-refractivity contribution in [2.45, 2.75) is 38.5 Å². The molecule has 1 fully saturated rings. The van der Waals surface area contributed by atoms with Crippen LogP contribution in [-0.2, 0) is 6.18 Å². The average molecular weight is 308 g/mol. The number of nitrogens with one attached hydrogen (secondary N) is 1. The van der Waals surface area contributed by atoms with Crippen molar-refractivity contribution in [1.29, 1.82) is 0 Å². The highest BCUT2D eigenvalue weighted by Gasteiger charge is 2.32. The first-order chi connectivity index (χ1) is 9.27. The fourth-order valence-corrected chi connectivity index (χ4v) is 2.49. The predicted molar refractivity (Wildman–Crippen MR) is 73.0 cm³/mol. The van der Waals surface area contributed by atoms with Crippen LogP contribution in [0.3, 0.4) is 0 Å². The molecule has 0 bridgehead atoms. The van der Waals surface area contributed by atoms with E-state index in [2.05, 4.69) is 29.0 Å². The summed E-state index contributed by atoms with van der Waals surface area (Å²) < 4.78 is 37.6. The van der Waals surface area contributed by atoms with Crippen molar-refractivity contribution in [3.05, 3.63) is 22.8 Å². The summed E-state index contributed by atoms with van der Waals surface area (Å²) in [6.07, 6.45) is -2.68. The van der Waals surface area contributed by atoms with Crippen LogP contribution in [0.15, 0.2) is 12.3 Å². The van der Waals surface area contributed by atoms with Gasteiger partial charge in [0.05, 0.1) is 10.6 Å². The van der Waals surface area contributed by atoms with Gasteiger partial charge in [0.1, 0.15) is 5.82 Å². The largest absolute Gasteiger partial charge is 0.417 e. The number of nitrogens with zero attached hydrogens (tertiary/aromatic N) is 2. The lowest BCUT2D eigenvalue weighted by Gasteiger charge is -2.21. The molecule has 1 saturated heterocycles. The Balaban J connectivity index is 2.04. The minimum atomic E-state index is -4.42. The summed E-state index contributed by atoms with van der Waals surface area (Å²) in [7, 11) is 0. The molecule has 7 heteroatoms. The molecule has 1 N–H and O–H groups in total. The van der Waals surface area contributed by atoms with Crippen molar-refractivity contribution in [1.82, 2.24) is 9.88 Å². The molecule has 2 heterocycles. The Labute approximate surface area is 121 Å². The van der Waals surface area contributed by atoms with Crippen molar-refractivity contribution >= 4 is 17.4 Å². The van der Waals surface area contributed by atoms with Gasteiger partial charge in [-0.25, -0.2) is 4.98 Å². The number of likely N-dealkylation sites (tertiary alicyclic amines) is 1. The second-order valence-corrected chi connectivity index (χ2v) is 5.68. The van der Waals surface area contributed by atoms with Crippen LogP contribution in [0.2, 0.25) is 5.02 Å². The van der Waals surface area contributed by atoms with E-state index in [-0.39, 0.29) is 11.1 Å². The van der Waals surface area contributed by atoms with Crippen LogP contribution in [0.1, 0.15) is 25.8 Å². The van der Waals surface area contributed by atoms with Gasteiger partial charge in [0.2, 0.25) is 0 Å². The molecule has 112 valence electrons. The fourth-order valence-electron chi connectivity index (χ4n) is 2.27. The summed E-state index contributed by atoms with van der Waals surface area (Å²) in [6, 6.07) is 1.53. The number of aromatic nitrogens is 1. The molecule has 1 aliphatic heterocycles. The number of pyridine rings is 1. The topological polar surface area (TPSA) is 28.2 Å². The molecular weight excluding hydrogens is 291 g/mol. The number of anilines is 1. The van der Waals surface area contributed by atoms with Gasteiger partial charge in [-0.1, -0.05) is 11.6 Å². The van der Waals surface area contributed by atoms with Crippen molar-refractivity contribution in [2.24, 2.45) is 0 Å². The van der Waals surface area contributed by atoms with Crippen LogP contribution in [0, 0.1) is 0 Å². The number of hydrogen-bond donors (Lipinski definition) is 1. The third-order valence-corrected chi connectivity index (χ3v) is 3.75. The smallest absolute Gasteiger partial charge is 0.365 e. The molecule has 1 atom stereocenters. The van der Waals surface area contributed by atoms with Crippen LogP contribution in [0.5, 0.6) is 0 Å². The molecule has 0 spiro atoms. The van der Waals surface area contributed by atoms with E-state index < -0.39 is 11.7 Å². The van der Waals surface area contributed by atoms with E-state index >= 15 is 0 Å². The minimum absolute atomic E-state index is 0.00261. The molecule has 0 saturated carbocycles. The highest BCUT2D eigenvalue weighted by molar-refractivity contribution is 6.33. The van der Waals surface area contributed by atoms with E-state index in [1.165, 1.54) is 0 Å². The Morgan fingerprint density at radius 3 is 2.65 bits per heavy atom. The highest BCUT2D eigenvalue weighted by Crippen LogP contribution is 2.32. The maximum absolute atomic E-state index is 12.5. The molecule has 0 unspecified atom stereocenters. The van der Waals surface area contributed by atoms with Gasteiger partial charge in [-0.2, -0.15) is 13.2 Å². The maximum Gasteiger partial charge on any atom is 0.417 e. The lowest BCUT2D eigenvalue weighted by atomic mass is 10.2. The van der Waals surface area contributed by atoms with E-state index in [9.17, 15) is 13.2 Å². The third kappa shape index (κ3) is 3.55. The molecule has 0 amide bonds. The van der Waals surface area contributed by atoms with Gasteiger partial charge in [0, 0.05) is 31.4 Å². The minimum Gasteiger partial charge on any atom is -0.365 e. The van der Waals surface area contributed by atoms with Crippen LogP contribution in [-0.4, -0.2) is 35.1 Å². The number of halogens is 4. The van der Waals surface area contributed by atoms with Gasteiger partial charge in [0.15, 0.2) is 0 Å². The molecule has 1 aromatic rings. The monoisotopic (exact) mass is 307 g/mol. The predicted octanol–water partition coefficient (Wildman–Crippen LogP) is 3.65. The summed E-state index contributed by atoms with van der Waals surface area (Å²) in [5.41, 5.74) is -0.830. The van der Waals surface area contributed by atoms with E-state index in [4.69, 9.17) is 11.6 Å². The van der Waals surface area contributed by atoms with E-state index in [0.29, 0.717) is 11.9 Å². The Morgan fingerprint density at radius 1 is 1.45 bits per heavy atom. The van der Waals surface area contributed by atoms with E-state index in [1.54, 1.807) is 0 Å². The molecule has 3 nitrogen and oxygen atoms in total. The van der Waals surface area contributed by atoms with Gasteiger partial charge in [-0.3, -0.25) is 4.90 Å². The molecule has 0 aliphatic carbocycles. The first kappa shape index (κ1) is 15.4. The van der Waals surface area contributed by atoms with Gasteiger partial charge >= 0.3 is 6.18 Å². The molecule has 0 aromatic carbocycles. The van der Waals surface area contributed by atoms with Crippen LogP contribution >= 0.6 is 11.6 Å². The van der Waals surface area contributed by atoms with E-state index in [0.717, 1.165) is 31.8 Å². The standard InChI is InChI=1S/C13H17ClF3N3/c1-8(2)20-4-3-10(7-20)19-12-11(14)5-9(6-18-12)13(15,16)17/h5-6,8,10H,3-4,7H2,1-2H3,(H,18,19)/t10-/m0/s1. The average Bonchev–Trinajstić information content (AvgIpc) is 2.79. The number of hydrogen-bond acceptors (Lipinski definition) is 3. The normalized spacial score (nSPS) is 20.6. The molecule has 1 aromatic heterocycles.